The molecule has 6 nitrogen and oxygen atoms in total. The second kappa shape index (κ2) is 4.89. The van der Waals surface area contributed by atoms with Gasteiger partial charge in [0, 0.05) is 19.7 Å². The molecule has 1 aromatic rings. The summed E-state index contributed by atoms with van der Waals surface area (Å²) >= 11 is 0. The van der Waals surface area contributed by atoms with Gasteiger partial charge in [-0.15, -0.1) is 0 Å². The van der Waals surface area contributed by atoms with Crippen molar-refractivity contribution in [3.63, 3.8) is 0 Å². The molecule has 2 unspecified atom stereocenters. The summed E-state index contributed by atoms with van der Waals surface area (Å²) in [7, 11) is 1.51. The van der Waals surface area contributed by atoms with E-state index in [1.165, 1.54) is 19.2 Å². The van der Waals surface area contributed by atoms with Crippen LogP contribution in [0.15, 0.2) is 16.9 Å². The highest BCUT2D eigenvalue weighted by Crippen LogP contribution is 2.24. The molecule has 0 spiro atoms. The van der Waals surface area contributed by atoms with Crippen LogP contribution in [0.25, 0.3) is 0 Å². The van der Waals surface area contributed by atoms with Gasteiger partial charge in [-0.2, -0.15) is 5.10 Å². The van der Waals surface area contributed by atoms with Gasteiger partial charge in [0.15, 0.2) is 0 Å². The fourth-order valence-corrected chi connectivity index (χ4v) is 2.30. The molecule has 1 fully saturated rings. The molecule has 1 amide bonds. The number of amides is 1. The van der Waals surface area contributed by atoms with Gasteiger partial charge in [0.1, 0.15) is 5.69 Å². The zero-order valence-electron chi connectivity index (χ0n) is 10.5. The van der Waals surface area contributed by atoms with Crippen molar-refractivity contribution in [3.8, 4) is 0 Å². The number of nitrogens with zero attached hydrogens (tertiary/aromatic N) is 3. The third kappa shape index (κ3) is 2.15. The Hall–Kier alpha value is -1.69. The van der Waals surface area contributed by atoms with Crippen molar-refractivity contribution in [2.45, 2.75) is 19.4 Å². The minimum atomic E-state index is -0.250. The fraction of sp³-hybridized carbons (Fsp3) is 0.583. The maximum absolute atomic E-state index is 12.3. The summed E-state index contributed by atoms with van der Waals surface area (Å²) in [4.78, 5) is 25.1. The van der Waals surface area contributed by atoms with E-state index in [-0.39, 0.29) is 35.7 Å². The lowest BCUT2D eigenvalue weighted by Crippen LogP contribution is -2.40. The minimum Gasteiger partial charge on any atom is -0.394 e. The molecule has 6 heteroatoms. The van der Waals surface area contributed by atoms with E-state index in [1.807, 2.05) is 6.92 Å². The van der Waals surface area contributed by atoms with E-state index in [9.17, 15) is 14.7 Å². The number of aliphatic hydroxyl groups is 1. The second-order valence-corrected chi connectivity index (χ2v) is 4.69. The number of rotatable bonds is 2. The van der Waals surface area contributed by atoms with Crippen molar-refractivity contribution in [3.05, 3.63) is 28.2 Å². The largest absolute Gasteiger partial charge is 0.394 e. The first-order valence-electron chi connectivity index (χ1n) is 6.00. The maximum Gasteiger partial charge on any atom is 0.274 e. The van der Waals surface area contributed by atoms with Crippen molar-refractivity contribution < 1.29 is 9.90 Å². The van der Waals surface area contributed by atoms with E-state index in [4.69, 9.17) is 0 Å². The lowest BCUT2D eigenvalue weighted by molar-refractivity contribution is 0.0640. The molecule has 2 heterocycles. The number of carbonyl (C=O) groups excluding carboxylic acids is 1. The van der Waals surface area contributed by atoms with Gasteiger partial charge in [-0.3, -0.25) is 9.59 Å². The summed E-state index contributed by atoms with van der Waals surface area (Å²) < 4.78 is 1.14. The summed E-state index contributed by atoms with van der Waals surface area (Å²) in [5.41, 5.74) is -0.00954. The first kappa shape index (κ1) is 12.8. The summed E-state index contributed by atoms with van der Waals surface area (Å²) in [6.07, 6.45) is 0.878. The second-order valence-electron chi connectivity index (χ2n) is 4.69. The van der Waals surface area contributed by atoms with Gasteiger partial charge in [0.05, 0.1) is 12.6 Å². The highest BCUT2D eigenvalue weighted by atomic mass is 16.3. The lowest BCUT2D eigenvalue weighted by Gasteiger charge is -2.24. The van der Waals surface area contributed by atoms with Crippen LogP contribution in [0.3, 0.4) is 0 Å². The standard InChI is InChI=1S/C12H17N3O3/c1-8-5-6-15(10(8)7-16)12(18)9-3-4-11(17)14(2)13-9/h3-4,8,10,16H,5-7H2,1-2H3. The van der Waals surface area contributed by atoms with Gasteiger partial charge in [0.25, 0.3) is 11.5 Å². The highest BCUT2D eigenvalue weighted by molar-refractivity contribution is 5.92. The van der Waals surface area contributed by atoms with E-state index < -0.39 is 0 Å². The zero-order chi connectivity index (χ0) is 13.3. The minimum absolute atomic E-state index is 0.0430. The monoisotopic (exact) mass is 251 g/mol. The number of aliphatic hydroxyl groups excluding tert-OH is 1. The Morgan fingerprint density at radius 3 is 2.89 bits per heavy atom. The lowest BCUT2D eigenvalue weighted by atomic mass is 10.0. The van der Waals surface area contributed by atoms with Crippen LogP contribution in [0.5, 0.6) is 0 Å². The number of likely N-dealkylation sites (tertiary alicyclic amines) is 1. The Morgan fingerprint density at radius 1 is 1.56 bits per heavy atom. The normalized spacial score (nSPS) is 23.4. The fourth-order valence-electron chi connectivity index (χ4n) is 2.30. The van der Waals surface area contributed by atoms with Crippen molar-refractivity contribution in [2.75, 3.05) is 13.2 Å². The van der Waals surface area contributed by atoms with E-state index in [0.29, 0.717) is 6.54 Å². The number of hydrogen-bond donors (Lipinski definition) is 1. The predicted molar refractivity (Wildman–Crippen MR) is 65.2 cm³/mol. The summed E-state index contributed by atoms with van der Waals surface area (Å²) in [5, 5.41) is 13.3. The SMILES string of the molecule is CC1CCN(C(=O)c2ccc(=O)n(C)n2)C1CO. The molecule has 1 aliphatic rings. The first-order chi connectivity index (χ1) is 8.54. The van der Waals surface area contributed by atoms with Crippen LogP contribution in [-0.2, 0) is 7.05 Å². The third-order valence-electron chi connectivity index (χ3n) is 3.51. The van der Waals surface area contributed by atoms with Crippen LogP contribution in [0.2, 0.25) is 0 Å². The quantitative estimate of drug-likeness (QED) is 0.777. The van der Waals surface area contributed by atoms with Crippen LogP contribution in [0, 0.1) is 5.92 Å². The van der Waals surface area contributed by atoms with Gasteiger partial charge in [-0.05, 0) is 18.4 Å². The van der Waals surface area contributed by atoms with Gasteiger partial charge < -0.3 is 10.0 Å². The van der Waals surface area contributed by atoms with Gasteiger partial charge in [-0.25, -0.2) is 4.68 Å². The molecular formula is C12H17N3O3. The van der Waals surface area contributed by atoms with Gasteiger partial charge >= 0.3 is 0 Å². The average Bonchev–Trinajstić information content (AvgIpc) is 2.73. The van der Waals surface area contributed by atoms with E-state index in [2.05, 4.69) is 5.10 Å². The van der Waals surface area contributed by atoms with Crippen LogP contribution in [0.1, 0.15) is 23.8 Å². The molecule has 2 rings (SSSR count). The summed E-state index contributed by atoms with van der Waals surface area (Å²) in [6, 6.07) is 2.60. The number of aromatic nitrogens is 2. The van der Waals surface area contributed by atoms with Crippen LogP contribution < -0.4 is 5.56 Å². The number of aryl methyl sites for hydroxylation is 1. The smallest absolute Gasteiger partial charge is 0.274 e. The van der Waals surface area contributed by atoms with Crippen molar-refractivity contribution >= 4 is 5.91 Å². The Labute approximate surface area is 105 Å². The molecule has 2 atom stereocenters. The van der Waals surface area contributed by atoms with Gasteiger partial charge in [0.2, 0.25) is 0 Å². The van der Waals surface area contributed by atoms with E-state index >= 15 is 0 Å². The highest BCUT2D eigenvalue weighted by Gasteiger charge is 2.34. The van der Waals surface area contributed by atoms with E-state index in [0.717, 1.165) is 11.1 Å². The van der Waals surface area contributed by atoms with Crippen LogP contribution >= 0.6 is 0 Å². The molecule has 1 N–H and O–H groups in total. The Morgan fingerprint density at radius 2 is 2.28 bits per heavy atom. The molecule has 0 aliphatic carbocycles. The van der Waals surface area contributed by atoms with Crippen LogP contribution in [-0.4, -0.2) is 44.9 Å². The molecule has 18 heavy (non-hydrogen) atoms. The number of hydrogen-bond acceptors (Lipinski definition) is 4. The van der Waals surface area contributed by atoms with Crippen molar-refractivity contribution in [1.29, 1.82) is 0 Å². The Balaban J connectivity index is 2.26. The predicted octanol–water partition coefficient (Wildman–Crippen LogP) is -0.377. The molecule has 1 saturated heterocycles. The summed E-state index contributed by atoms with van der Waals surface area (Å²) in [5.74, 6) is 0.0560. The maximum atomic E-state index is 12.3. The van der Waals surface area contributed by atoms with Crippen molar-refractivity contribution in [1.82, 2.24) is 14.7 Å². The molecule has 1 aliphatic heterocycles. The molecule has 0 saturated carbocycles. The van der Waals surface area contributed by atoms with Crippen molar-refractivity contribution in [2.24, 2.45) is 13.0 Å². The first-order valence-corrected chi connectivity index (χ1v) is 6.00. The molecule has 0 aromatic carbocycles. The Bertz CT molecular complexity index is 512. The molecule has 98 valence electrons. The third-order valence-corrected chi connectivity index (χ3v) is 3.51. The topological polar surface area (TPSA) is 75.4 Å². The molecule has 0 radical (unpaired) electrons. The molecule has 0 bridgehead atoms. The van der Waals surface area contributed by atoms with E-state index in [1.54, 1.807) is 4.90 Å². The summed E-state index contributed by atoms with van der Waals surface area (Å²) in [6.45, 7) is 2.59. The molecular weight excluding hydrogens is 234 g/mol. The zero-order valence-corrected chi connectivity index (χ0v) is 10.5. The molecule has 1 aromatic heterocycles. The average molecular weight is 251 g/mol. The Kier molecular flexibility index (Phi) is 3.47. The van der Waals surface area contributed by atoms with Crippen LogP contribution in [0.4, 0.5) is 0 Å². The van der Waals surface area contributed by atoms with Gasteiger partial charge in [-0.1, -0.05) is 6.92 Å². The number of carbonyl (C=O) groups is 1.